The molecule has 0 aliphatic carbocycles. The van der Waals surface area contributed by atoms with Crippen molar-refractivity contribution < 1.29 is 19.4 Å². The molecule has 2 rings (SSSR count). The third-order valence-electron chi connectivity index (χ3n) is 3.78. The fourth-order valence-corrected chi connectivity index (χ4v) is 2.35. The Morgan fingerprint density at radius 2 is 2.18 bits per heavy atom. The Morgan fingerprint density at radius 1 is 1.45 bits per heavy atom. The molecule has 0 aromatic carbocycles. The van der Waals surface area contributed by atoms with E-state index in [2.05, 4.69) is 10.3 Å². The standard InChI is InChI=1S/C16H24N2O4/c1-15(2,3)14(19)22-12-10-17-9-8-16(12,20)11-6-5-7-13(18-11)21-4/h5-7,12,17,20H,8-10H2,1-4H3. The number of esters is 1. The van der Waals surface area contributed by atoms with Gasteiger partial charge in [-0.05, 0) is 39.8 Å². The summed E-state index contributed by atoms with van der Waals surface area (Å²) in [6.07, 6.45) is -0.275. The minimum Gasteiger partial charge on any atom is -0.481 e. The van der Waals surface area contributed by atoms with Gasteiger partial charge in [0, 0.05) is 12.6 Å². The largest absolute Gasteiger partial charge is 0.481 e. The predicted molar refractivity (Wildman–Crippen MR) is 81.5 cm³/mol. The summed E-state index contributed by atoms with van der Waals surface area (Å²) in [4.78, 5) is 16.5. The molecule has 0 spiro atoms. The highest BCUT2D eigenvalue weighted by Gasteiger charge is 2.45. The number of carbonyl (C=O) groups excluding carboxylic acids is 1. The monoisotopic (exact) mass is 308 g/mol. The molecule has 2 unspecified atom stereocenters. The van der Waals surface area contributed by atoms with Crippen molar-refractivity contribution in [3.8, 4) is 5.88 Å². The molecule has 0 radical (unpaired) electrons. The number of nitrogens with zero attached hydrogens (tertiary/aromatic N) is 1. The molecule has 6 heteroatoms. The molecule has 0 saturated carbocycles. The van der Waals surface area contributed by atoms with Crippen LogP contribution in [0.2, 0.25) is 0 Å². The van der Waals surface area contributed by atoms with Gasteiger partial charge in [0.15, 0.2) is 0 Å². The SMILES string of the molecule is COc1cccc(C2(O)CCNCC2OC(=O)C(C)(C)C)n1. The van der Waals surface area contributed by atoms with E-state index in [1.54, 1.807) is 39.0 Å². The third kappa shape index (κ3) is 3.39. The summed E-state index contributed by atoms with van der Waals surface area (Å²) in [5.74, 6) is 0.0767. The van der Waals surface area contributed by atoms with Gasteiger partial charge in [-0.25, -0.2) is 4.98 Å². The van der Waals surface area contributed by atoms with Gasteiger partial charge < -0.3 is 19.9 Å². The Bertz CT molecular complexity index is 541. The van der Waals surface area contributed by atoms with Crippen LogP contribution in [0.5, 0.6) is 5.88 Å². The lowest BCUT2D eigenvalue weighted by Crippen LogP contribution is -2.55. The van der Waals surface area contributed by atoms with Crippen LogP contribution in [0.15, 0.2) is 18.2 Å². The Kier molecular flexibility index (Phi) is 4.72. The number of hydrogen-bond acceptors (Lipinski definition) is 6. The van der Waals surface area contributed by atoms with Crippen LogP contribution in [-0.2, 0) is 15.1 Å². The van der Waals surface area contributed by atoms with E-state index >= 15 is 0 Å². The third-order valence-corrected chi connectivity index (χ3v) is 3.78. The van der Waals surface area contributed by atoms with Gasteiger partial charge in [0.2, 0.25) is 5.88 Å². The lowest BCUT2D eigenvalue weighted by atomic mass is 9.85. The number of ether oxygens (including phenoxy) is 2. The van der Waals surface area contributed by atoms with Crippen LogP contribution in [0.1, 0.15) is 32.9 Å². The van der Waals surface area contributed by atoms with E-state index in [9.17, 15) is 9.90 Å². The van der Waals surface area contributed by atoms with E-state index in [4.69, 9.17) is 9.47 Å². The Hall–Kier alpha value is -1.66. The van der Waals surface area contributed by atoms with E-state index in [0.29, 0.717) is 31.1 Å². The normalized spacial score (nSPS) is 25.6. The number of aromatic nitrogens is 1. The smallest absolute Gasteiger partial charge is 0.311 e. The van der Waals surface area contributed by atoms with Crippen molar-refractivity contribution in [3.63, 3.8) is 0 Å². The lowest BCUT2D eigenvalue weighted by Gasteiger charge is -2.40. The van der Waals surface area contributed by atoms with E-state index in [1.807, 2.05) is 0 Å². The van der Waals surface area contributed by atoms with Gasteiger partial charge >= 0.3 is 5.97 Å². The zero-order valence-electron chi connectivity index (χ0n) is 13.5. The van der Waals surface area contributed by atoms with Crippen LogP contribution >= 0.6 is 0 Å². The van der Waals surface area contributed by atoms with Gasteiger partial charge in [0.1, 0.15) is 11.7 Å². The molecule has 22 heavy (non-hydrogen) atoms. The summed E-state index contributed by atoms with van der Waals surface area (Å²) in [7, 11) is 1.52. The first-order chi connectivity index (χ1) is 10.3. The number of nitrogens with one attached hydrogen (secondary N) is 1. The second-order valence-electron chi connectivity index (χ2n) is 6.59. The van der Waals surface area contributed by atoms with Crippen molar-refractivity contribution in [1.82, 2.24) is 10.3 Å². The average molecular weight is 308 g/mol. The number of hydrogen-bond donors (Lipinski definition) is 2. The van der Waals surface area contributed by atoms with Gasteiger partial charge in [-0.2, -0.15) is 0 Å². The second-order valence-corrected chi connectivity index (χ2v) is 6.59. The van der Waals surface area contributed by atoms with Crippen molar-refractivity contribution in [3.05, 3.63) is 23.9 Å². The molecular weight excluding hydrogens is 284 g/mol. The first kappa shape index (κ1) is 16.7. The Balaban J connectivity index is 2.29. The highest BCUT2D eigenvalue weighted by Crippen LogP contribution is 2.33. The molecule has 1 aromatic rings. The molecule has 1 aliphatic heterocycles. The Morgan fingerprint density at radius 3 is 2.82 bits per heavy atom. The quantitative estimate of drug-likeness (QED) is 0.818. The maximum atomic E-state index is 12.2. The zero-order valence-corrected chi connectivity index (χ0v) is 13.5. The Labute approximate surface area is 130 Å². The van der Waals surface area contributed by atoms with E-state index in [1.165, 1.54) is 7.11 Å². The van der Waals surface area contributed by atoms with Gasteiger partial charge in [-0.15, -0.1) is 0 Å². The van der Waals surface area contributed by atoms with E-state index in [0.717, 1.165) is 0 Å². The van der Waals surface area contributed by atoms with Crippen LogP contribution < -0.4 is 10.1 Å². The predicted octanol–water partition coefficient (Wildman–Crippen LogP) is 1.23. The first-order valence-electron chi connectivity index (χ1n) is 7.43. The van der Waals surface area contributed by atoms with Crippen LogP contribution in [0.4, 0.5) is 0 Å². The molecule has 2 heterocycles. The topological polar surface area (TPSA) is 80.7 Å². The van der Waals surface area contributed by atoms with E-state index in [-0.39, 0.29) is 5.97 Å². The zero-order chi connectivity index (χ0) is 16.4. The van der Waals surface area contributed by atoms with Gasteiger partial charge in [-0.3, -0.25) is 4.79 Å². The minimum atomic E-state index is -1.32. The van der Waals surface area contributed by atoms with Crippen molar-refractivity contribution in [2.45, 2.75) is 38.9 Å². The number of aliphatic hydroxyl groups is 1. The van der Waals surface area contributed by atoms with Crippen LogP contribution in [0, 0.1) is 5.41 Å². The summed E-state index contributed by atoms with van der Waals surface area (Å²) >= 11 is 0. The molecule has 1 aliphatic rings. The molecule has 0 bridgehead atoms. The number of rotatable bonds is 3. The summed E-state index contributed by atoms with van der Waals surface area (Å²) in [5.41, 5.74) is -1.49. The van der Waals surface area contributed by atoms with Crippen molar-refractivity contribution in [1.29, 1.82) is 0 Å². The van der Waals surface area contributed by atoms with Gasteiger partial charge in [0.05, 0.1) is 18.2 Å². The summed E-state index contributed by atoms with van der Waals surface area (Å²) in [6, 6.07) is 5.21. The molecule has 122 valence electrons. The summed E-state index contributed by atoms with van der Waals surface area (Å²) in [5, 5.41) is 14.3. The molecular formula is C16H24N2O4. The van der Waals surface area contributed by atoms with Crippen molar-refractivity contribution in [2.24, 2.45) is 5.41 Å². The molecule has 0 amide bonds. The minimum absolute atomic E-state index is 0.345. The lowest BCUT2D eigenvalue weighted by molar-refractivity contribution is -0.180. The maximum Gasteiger partial charge on any atom is 0.311 e. The number of carbonyl (C=O) groups is 1. The second kappa shape index (κ2) is 6.22. The fraction of sp³-hybridized carbons (Fsp3) is 0.625. The maximum absolute atomic E-state index is 12.2. The highest BCUT2D eigenvalue weighted by atomic mass is 16.6. The van der Waals surface area contributed by atoms with Crippen LogP contribution in [0.3, 0.4) is 0 Å². The molecule has 1 fully saturated rings. The van der Waals surface area contributed by atoms with Crippen LogP contribution in [-0.4, -0.2) is 42.4 Å². The van der Waals surface area contributed by atoms with Crippen molar-refractivity contribution >= 4 is 5.97 Å². The fourth-order valence-electron chi connectivity index (χ4n) is 2.35. The van der Waals surface area contributed by atoms with Gasteiger partial charge in [-0.1, -0.05) is 6.07 Å². The summed E-state index contributed by atoms with van der Waals surface area (Å²) in [6.45, 7) is 6.37. The summed E-state index contributed by atoms with van der Waals surface area (Å²) < 4.78 is 10.7. The molecule has 1 aromatic heterocycles. The van der Waals surface area contributed by atoms with Crippen LogP contribution in [0.25, 0.3) is 0 Å². The van der Waals surface area contributed by atoms with Gasteiger partial charge in [0.25, 0.3) is 0 Å². The number of piperidine rings is 1. The first-order valence-corrected chi connectivity index (χ1v) is 7.43. The highest BCUT2D eigenvalue weighted by molar-refractivity contribution is 5.75. The molecule has 2 N–H and O–H groups in total. The molecule has 1 saturated heterocycles. The number of pyridine rings is 1. The molecule has 2 atom stereocenters. The average Bonchev–Trinajstić information content (AvgIpc) is 2.48. The molecule has 6 nitrogen and oxygen atoms in total. The van der Waals surface area contributed by atoms with E-state index < -0.39 is 17.1 Å². The van der Waals surface area contributed by atoms with Crippen molar-refractivity contribution in [2.75, 3.05) is 20.2 Å². The number of methoxy groups -OCH3 is 1.